The van der Waals surface area contributed by atoms with E-state index in [0.29, 0.717) is 32.8 Å². The summed E-state index contributed by atoms with van der Waals surface area (Å²) in [5.74, 6) is 0. The summed E-state index contributed by atoms with van der Waals surface area (Å²) in [6.45, 7) is 2.05. The van der Waals surface area contributed by atoms with E-state index in [1.165, 1.54) is 32.9 Å². The molecule has 0 saturated carbocycles. The largest absolute Gasteiger partial charge is 0.379 e. The summed E-state index contributed by atoms with van der Waals surface area (Å²) in [4.78, 5) is 0.180. The molecule has 3 rings (SSSR count). The lowest BCUT2D eigenvalue weighted by atomic mass is 10.2. The van der Waals surface area contributed by atoms with E-state index in [1.54, 1.807) is 0 Å². The third-order valence-electron chi connectivity index (χ3n) is 4.63. The summed E-state index contributed by atoms with van der Waals surface area (Å²) in [7, 11) is -7.30. The molecular formula is C15H24ClN3O5S2. The van der Waals surface area contributed by atoms with Crippen LogP contribution in [0.5, 0.6) is 0 Å². The Morgan fingerprint density at radius 3 is 2.04 bits per heavy atom. The van der Waals surface area contributed by atoms with Crippen LogP contribution in [0.2, 0.25) is 0 Å². The maximum absolute atomic E-state index is 12.8. The van der Waals surface area contributed by atoms with Crippen LogP contribution >= 0.6 is 12.4 Å². The number of nitrogens with zero attached hydrogens (tertiary/aromatic N) is 2. The third kappa shape index (κ3) is 4.06. The van der Waals surface area contributed by atoms with Gasteiger partial charge in [0.1, 0.15) is 0 Å². The number of halogens is 1. The monoisotopic (exact) mass is 425 g/mol. The number of hydrogen-bond donors (Lipinski definition) is 1. The molecule has 0 aliphatic carbocycles. The Labute approximate surface area is 160 Å². The molecule has 11 heteroatoms. The minimum Gasteiger partial charge on any atom is -0.379 e. The topological polar surface area (TPSA) is 110 Å². The van der Waals surface area contributed by atoms with Gasteiger partial charge in [0.2, 0.25) is 20.0 Å². The smallest absolute Gasteiger partial charge is 0.243 e. The van der Waals surface area contributed by atoms with Gasteiger partial charge in [-0.3, -0.25) is 0 Å². The normalized spacial score (nSPS) is 22.9. The SMILES string of the molecule is Cl.NCC1CCCN1S(=O)(=O)c1ccc(S(=O)(=O)N2CCOCC2)cc1. The number of ether oxygens (including phenoxy) is 1. The molecule has 0 aromatic heterocycles. The van der Waals surface area contributed by atoms with Crippen LogP contribution in [-0.2, 0) is 24.8 Å². The van der Waals surface area contributed by atoms with Gasteiger partial charge < -0.3 is 10.5 Å². The maximum atomic E-state index is 12.8. The summed E-state index contributed by atoms with van der Waals surface area (Å²) < 4.78 is 58.7. The fourth-order valence-corrected chi connectivity index (χ4v) is 6.33. The second kappa shape index (κ2) is 8.51. The van der Waals surface area contributed by atoms with Crippen LogP contribution < -0.4 is 5.73 Å². The van der Waals surface area contributed by atoms with Crippen LogP contribution in [-0.4, -0.2) is 70.9 Å². The molecule has 148 valence electrons. The highest BCUT2D eigenvalue weighted by Gasteiger charge is 2.35. The lowest BCUT2D eigenvalue weighted by molar-refractivity contribution is 0.0730. The average Bonchev–Trinajstić information content (AvgIpc) is 3.12. The van der Waals surface area contributed by atoms with Crippen molar-refractivity contribution < 1.29 is 21.6 Å². The Bertz CT molecular complexity index is 808. The molecule has 0 radical (unpaired) electrons. The zero-order chi connectivity index (χ0) is 18.1. The summed E-state index contributed by atoms with van der Waals surface area (Å²) in [6, 6.07) is 5.22. The number of sulfonamides is 2. The Balaban J connectivity index is 0.00000243. The van der Waals surface area contributed by atoms with Crippen molar-refractivity contribution in [2.75, 3.05) is 39.4 Å². The molecule has 0 amide bonds. The number of nitrogens with two attached hydrogens (primary N) is 1. The summed E-state index contributed by atoms with van der Waals surface area (Å²) in [5.41, 5.74) is 5.66. The van der Waals surface area contributed by atoms with Crippen LogP contribution in [0.25, 0.3) is 0 Å². The van der Waals surface area contributed by atoms with Crippen molar-refractivity contribution in [2.45, 2.75) is 28.7 Å². The van der Waals surface area contributed by atoms with Gasteiger partial charge in [-0.25, -0.2) is 16.8 Å². The molecule has 1 atom stereocenters. The summed E-state index contributed by atoms with van der Waals surface area (Å²) in [5, 5.41) is 0. The van der Waals surface area contributed by atoms with Gasteiger partial charge in [-0.05, 0) is 37.1 Å². The lowest BCUT2D eigenvalue weighted by Gasteiger charge is -2.26. The number of hydrogen-bond acceptors (Lipinski definition) is 6. The van der Waals surface area contributed by atoms with E-state index in [-0.39, 0.29) is 34.8 Å². The first-order chi connectivity index (χ1) is 11.9. The zero-order valence-corrected chi connectivity index (χ0v) is 16.7. The van der Waals surface area contributed by atoms with E-state index in [0.717, 1.165) is 12.8 Å². The minimum absolute atomic E-state index is 0. The van der Waals surface area contributed by atoms with Gasteiger partial charge in [-0.1, -0.05) is 0 Å². The van der Waals surface area contributed by atoms with Gasteiger partial charge in [0, 0.05) is 32.2 Å². The molecule has 8 nitrogen and oxygen atoms in total. The van der Waals surface area contributed by atoms with Crippen LogP contribution in [0.1, 0.15) is 12.8 Å². The molecule has 0 bridgehead atoms. The Morgan fingerprint density at radius 2 is 1.50 bits per heavy atom. The number of morpholine rings is 1. The first-order valence-electron chi connectivity index (χ1n) is 8.27. The Kier molecular flexibility index (Phi) is 7.05. The van der Waals surface area contributed by atoms with Crippen molar-refractivity contribution in [3.05, 3.63) is 24.3 Å². The molecule has 0 spiro atoms. The second-order valence-corrected chi connectivity index (χ2v) is 9.96. The molecule has 2 aliphatic heterocycles. The number of benzene rings is 1. The van der Waals surface area contributed by atoms with Crippen molar-refractivity contribution >= 4 is 32.5 Å². The van der Waals surface area contributed by atoms with Crippen LogP contribution in [0.3, 0.4) is 0 Å². The predicted molar refractivity (Wildman–Crippen MR) is 99.2 cm³/mol. The van der Waals surface area contributed by atoms with E-state index in [9.17, 15) is 16.8 Å². The predicted octanol–water partition coefficient (Wildman–Crippen LogP) is 0.241. The van der Waals surface area contributed by atoms with Crippen molar-refractivity contribution in [2.24, 2.45) is 5.73 Å². The molecule has 2 aliphatic rings. The van der Waals surface area contributed by atoms with E-state index < -0.39 is 20.0 Å². The molecule has 2 fully saturated rings. The highest BCUT2D eigenvalue weighted by Crippen LogP contribution is 2.27. The first kappa shape index (κ1) is 21.5. The Morgan fingerprint density at radius 1 is 0.962 bits per heavy atom. The molecule has 2 saturated heterocycles. The second-order valence-electron chi connectivity index (χ2n) is 6.14. The standard InChI is InChI=1S/C15H23N3O5S2.ClH/c16-12-13-2-1-7-18(13)25(21,22)15-5-3-14(4-6-15)24(19,20)17-8-10-23-11-9-17;/h3-6,13H,1-2,7-12,16H2;1H. The molecule has 2 heterocycles. The van der Waals surface area contributed by atoms with Crippen molar-refractivity contribution in [3.63, 3.8) is 0 Å². The van der Waals surface area contributed by atoms with Gasteiger partial charge in [0.05, 0.1) is 23.0 Å². The van der Waals surface area contributed by atoms with Crippen molar-refractivity contribution in [1.82, 2.24) is 8.61 Å². The third-order valence-corrected chi connectivity index (χ3v) is 8.51. The average molecular weight is 426 g/mol. The van der Waals surface area contributed by atoms with Gasteiger partial charge in [-0.15, -0.1) is 12.4 Å². The van der Waals surface area contributed by atoms with Crippen molar-refractivity contribution in [1.29, 1.82) is 0 Å². The first-order valence-corrected chi connectivity index (χ1v) is 11.2. The summed E-state index contributed by atoms with van der Waals surface area (Å²) in [6.07, 6.45) is 1.53. The maximum Gasteiger partial charge on any atom is 0.243 e. The molecule has 1 aromatic carbocycles. The van der Waals surface area contributed by atoms with Crippen molar-refractivity contribution in [3.8, 4) is 0 Å². The molecule has 2 N–H and O–H groups in total. The minimum atomic E-state index is -3.66. The highest BCUT2D eigenvalue weighted by molar-refractivity contribution is 7.89. The fourth-order valence-electron chi connectivity index (χ4n) is 3.22. The molecular weight excluding hydrogens is 402 g/mol. The van der Waals surface area contributed by atoms with Gasteiger partial charge in [0.25, 0.3) is 0 Å². The van der Waals surface area contributed by atoms with Gasteiger partial charge in [0.15, 0.2) is 0 Å². The van der Waals surface area contributed by atoms with Crippen LogP contribution in [0.4, 0.5) is 0 Å². The van der Waals surface area contributed by atoms with Crippen LogP contribution in [0.15, 0.2) is 34.1 Å². The Hall–Kier alpha value is -0.750. The van der Waals surface area contributed by atoms with E-state index in [4.69, 9.17) is 10.5 Å². The number of rotatable bonds is 5. The highest BCUT2D eigenvalue weighted by atomic mass is 35.5. The van der Waals surface area contributed by atoms with E-state index >= 15 is 0 Å². The van der Waals surface area contributed by atoms with E-state index in [1.807, 2.05) is 0 Å². The summed E-state index contributed by atoms with van der Waals surface area (Å²) >= 11 is 0. The lowest BCUT2D eigenvalue weighted by Crippen LogP contribution is -2.40. The van der Waals surface area contributed by atoms with Crippen LogP contribution in [0, 0.1) is 0 Å². The van der Waals surface area contributed by atoms with Gasteiger partial charge in [-0.2, -0.15) is 8.61 Å². The van der Waals surface area contributed by atoms with E-state index in [2.05, 4.69) is 0 Å². The molecule has 1 unspecified atom stereocenters. The quantitative estimate of drug-likeness (QED) is 0.723. The molecule has 1 aromatic rings. The fraction of sp³-hybridized carbons (Fsp3) is 0.600. The van der Waals surface area contributed by atoms with Gasteiger partial charge >= 0.3 is 0 Å². The zero-order valence-electron chi connectivity index (χ0n) is 14.3. The molecule has 26 heavy (non-hydrogen) atoms.